The number of aromatic nitrogens is 1. The largest absolute Gasteiger partial charge is 0.497 e. The minimum atomic E-state index is -0.189. The van der Waals surface area contributed by atoms with Crippen molar-refractivity contribution in [2.45, 2.75) is 26.7 Å². The maximum absolute atomic E-state index is 13.0. The summed E-state index contributed by atoms with van der Waals surface area (Å²) in [5.41, 5.74) is 3.79. The van der Waals surface area contributed by atoms with Crippen molar-refractivity contribution in [3.8, 4) is 17.5 Å². The van der Waals surface area contributed by atoms with Gasteiger partial charge in [-0.15, -0.1) is 0 Å². The number of nitrogens with zero attached hydrogens (tertiary/aromatic N) is 3. The lowest BCUT2D eigenvalue weighted by Gasteiger charge is -2.30. The molecule has 0 bridgehead atoms. The van der Waals surface area contributed by atoms with Gasteiger partial charge >= 0.3 is 0 Å². The molecule has 1 aromatic heterocycles. The van der Waals surface area contributed by atoms with Crippen LogP contribution in [0.2, 0.25) is 0 Å². The molecule has 0 saturated carbocycles. The minimum absolute atomic E-state index is 0.0206. The zero-order chi connectivity index (χ0) is 25.7. The number of amides is 2. The summed E-state index contributed by atoms with van der Waals surface area (Å²) in [6.45, 7) is 5.33. The second-order valence-electron chi connectivity index (χ2n) is 9.03. The average Bonchev–Trinajstić information content (AvgIpc) is 3.13. The van der Waals surface area contributed by atoms with Crippen LogP contribution in [0.1, 0.15) is 29.7 Å². The molecular formula is C28H31N5O3. The highest BCUT2D eigenvalue weighted by molar-refractivity contribution is 5.94. The van der Waals surface area contributed by atoms with Gasteiger partial charge in [0.05, 0.1) is 19.2 Å². The fourth-order valence-corrected chi connectivity index (χ4v) is 4.61. The lowest BCUT2D eigenvalue weighted by Crippen LogP contribution is -2.42. The number of benzene rings is 2. The molecule has 0 unspecified atom stereocenters. The molecule has 1 saturated heterocycles. The molecule has 0 aliphatic carbocycles. The van der Waals surface area contributed by atoms with E-state index < -0.39 is 0 Å². The van der Waals surface area contributed by atoms with Crippen LogP contribution in [0, 0.1) is 31.1 Å². The SMILES string of the molecule is COc1ccc(-n2c(C)c(C)c(C#N)c2NC(=O)CN2CCC(C(=O)Nc3ccccc3)CC2)cc1. The van der Waals surface area contributed by atoms with Crippen molar-refractivity contribution in [1.29, 1.82) is 5.26 Å². The Bertz CT molecular complexity index is 1270. The summed E-state index contributed by atoms with van der Waals surface area (Å²) >= 11 is 0. The number of methoxy groups -OCH3 is 1. The van der Waals surface area contributed by atoms with Gasteiger partial charge in [0.25, 0.3) is 0 Å². The molecule has 36 heavy (non-hydrogen) atoms. The predicted octanol–water partition coefficient (Wildman–Crippen LogP) is 4.26. The summed E-state index contributed by atoms with van der Waals surface area (Å²) in [5, 5.41) is 15.8. The Hall–Kier alpha value is -4.09. The molecule has 2 N–H and O–H groups in total. The van der Waals surface area contributed by atoms with Gasteiger partial charge in [-0.1, -0.05) is 18.2 Å². The molecule has 1 aliphatic heterocycles. The van der Waals surface area contributed by atoms with Gasteiger partial charge in [-0.3, -0.25) is 19.1 Å². The third-order valence-corrected chi connectivity index (χ3v) is 6.78. The quantitative estimate of drug-likeness (QED) is 0.521. The first kappa shape index (κ1) is 25.0. The van der Waals surface area contributed by atoms with Gasteiger partial charge in [-0.05, 0) is 81.7 Å². The number of carbonyl (C=O) groups excluding carboxylic acids is 2. The van der Waals surface area contributed by atoms with E-state index in [-0.39, 0.29) is 24.3 Å². The van der Waals surface area contributed by atoms with E-state index in [1.165, 1.54) is 0 Å². The smallest absolute Gasteiger partial charge is 0.239 e. The second-order valence-corrected chi connectivity index (χ2v) is 9.03. The lowest BCUT2D eigenvalue weighted by atomic mass is 9.96. The Morgan fingerprint density at radius 1 is 1.03 bits per heavy atom. The summed E-state index contributed by atoms with van der Waals surface area (Å²) in [6, 6.07) is 19.2. The van der Waals surface area contributed by atoms with E-state index in [9.17, 15) is 14.9 Å². The normalized spacial score (nSPS) is 14.2. The molecule has 0 radical (unpaired) electrons. The Kier molecular flexibility index (Phi) is 7.71. The van der Waals surface area contributed by atoms with Crippen LogP contribution < -0.4 is 15.4 Å². The number of likely N-dealkylation sites (tertiary alicyclic amines) is 1. The maximum atomic E-state index is 13.0. The minimum Gasteiger partial charge on any atom is -0.497 e. The number of piperidine rings is 1. The summed E-state index contributed by atoms with van der Waals surface area (Å²) in [4.78, 5) is 27.7. The molecule has 0 spiro atoms. The third-order valence-electron chi connectivity index (χ3n) is 6.78. The number of para-hydroxylation sites is 1. The van der Waals surface area contributed by atoms with Crippen molar-refractivity contribution in [1.82, 2.24) is 9.47 Å². The van der Waals surface area contributed by atoms with E-state index in [0.717, 1.165) is 28.4 Å². The highest BCUT2D eigenvalue weighted by atomic mass is 16.5. The van der Waals surface area contributed by atoms with Crippen molar-refractivity contribution in [3.05, 3.63) is 71.4 Å². The van der Waals surface area contributed by atoms with E-state index >= 15 is 0 Å². The summed E-state index contributed by atoms with van der Waals surface area (Å²) < 4.78 is 7.15. The topological polar surface area (TPSA) is 99.4 Å². The van der Waals surface area contributed by atoms with Crippen LogP contribution >= 0.6 is 0 Å². The Morgan fingerprint density at radius 3 is 2.31 bits per heavy atom. The standard InChI is InChI=1S/C28H31N5O3/c1-19-20(2)33(23-9-11-24(36-3)12-10-23)27(25(19)17-29)31-26(34)18-32-15-13-21(14-16-32)28(35)30-22-7-5-4-6-8-22/h4-12,21H,13-16,18H2,1-3H3,(H,30,35)(H,31,34). The molecular weight excluding hydrogens is 454 g/mol. The number of anilines is 2. The number of rotatable bonds is 7. The first-order valence-electron chi connectivity index (χ1n) is 12.1. The molecule has 3 aromatic rings. The maximum Gasteiger partial charge on any atom is 0.239 e. The van der Waals surface area contributed by atoms with E-state index in [1.54, 1.807) is 7.11 Å². The van der Waals surface area contributed by atoms with E-state index in [2.05, 4.69) is 16.7 Å². The number of nitrogens with one attached hydrogen (secondary N) is 2. The zero-order valence-electron chi connectivity index (χ0n) is 20.9. The molecule has 4 rings (SSSR count). The fourth-order valence-electron chi connectivity index (χ4n) is 4.61. The molecule has 8 nitrogen and oxygen atoms in total. The van der Waals surface area contributed by atoms with Gasteiger partial charge < -0.3 is 15.4 Å². The number of hydrogen-bond donors (Lipinski definition) is 2. The van der Waals surface area contributed by atoms with Crippen LogP contribution in [-0.2, 0) is 9.59 Å². The van der Waals surface area contributed by atoms with E-state index in [0.29, 0.717) is 37.3 Å². The van der Waals surface area contributed by atoms with Gasteiger partial charge in [0.1, 0.15) is 17.6 Å². The van der Waals surface area contributed by atoms with Gasteiger partial charge in [0.15, 0.2) is 0 Å². The van der Waals surface area contributed by atoms with Crippen LogP contribution in [-0.4, -0.2) is 48.0 Å². The number of carbonyl (C=O) groups is 2. The first-order valence-corrected chi connectivity index (χ1v) is 12.1. The van der Waals surface area contributed by atoms with Crippen LogP contribution in [0.15, 0.2) is 54.6 Å². The van der Waals surface area contributed by atoms with Crippen LogP contribution in [0.3, 0.4) is 0 Å². The number of hydrogen-bond acceptors (Lipinski definition) is 5. The number of nitriles is 1. The molecule has 2 amide bonds. The van der Waals surface area contributed by atoms with E-state index in [1.807, 2.05) is 77.9 Å². The third kappa shape index (κ3) is 5.42. The molecule has 186 valence electrons. The van der Waals surface area contributed by atoms with Gasteiger partial charge in [0, 0.05) is 23.0 Å². The lowest BCUT2D eigenvalue weighted by molar-refractivity contribution is -0.121. The molecule has 1 aliphatic rings. The summed E-state index contributed by atoms with van der Waals surface area (Å²) in [5.74, 6) is 0.956. The molecule has 8 heteroatoms. The van der Waals surface area contributed by atoms with Gasteiger partial charge in [0.2, 0.25) is 11.8 Å². The van der Waals surface area contributed by atoms with Crippen molar-refractivity contribution in [2.75, 3.05) is 37.4 Å². The molecule has 2 aromatic carbocycles. The Labute approximate surface area is 211 Å². The van der Waals surface area contributed by atoms with Crippen LogP contribution in [0.25, 0.3) is 5.69 Å². The van der Waals surface area contributed by atoms with Gasteiger partial charge in [-0.2, -0.15) is 5.26 Å². The number of ether oxygens (including phenoxy) is 1. The monoisotopic (exact) mass is 485 g/mol. The van der Waals surface area contributed by atoms with Crippen LogP contribution in [0.4, 0.5) is 11.5 Å². The average molecular weight is 486 g/mol. The van der Waals surface area contributed by atoms with Crippen LogP contribution in [0.5, 0.6) is 5.75 Å². The first-order chi connectivity index (χ1) is 17.4. The summed E-state index contributed by atoms with van der Waals surface area (Å²) in [7, 11) is 1.61. The zero-order valence-corrected chi connectivity index (χ0v) is 20.9. The van der Waals surface area contributed by atoms with Crippen molar-refractivity contribution >= 4 is 23.3 Å². The highest BCUT2D eigenvalue weighted by Crippen LogP contribution is 2.31. The second kappa shape index (κ2) is 11.1. The highest BCUT2D eigenvalue weighted by Gasteiger charge is 2.27. The Balaban J connectivity index is 1.40. The predicted molar refractivity (Wildman–Crippen MR) is 139 cm³/mol. The summed E-state index contributed by atoms with van der Waals surface area (Å²) in [6.07, 6.45) is 1.38. The van der Waals surface area contributed by atoms with E-state index in [4.69, 9.17) is 4.74 Å². The van der Waals surface area contributed by atoms with Crippen molar-refractivity contribution in [2.24, 2.45) is 5.92 Å². The van der Waals surface area contributed by atoms with Crippen molar-refractivity contribution in [3.63, 3.8) is 0 Å². The van der Waals surface area contributed by atoms with Gasteiger partial charge in [-0.25, -0.2) is 0 Å². The Morgan fingerprint density at radius 2 is 1.69 bits per heavy atom. The fraction of sp³-hybridized carbons (Fsp3) is 0.321. The molecule has 0 atom stereocenters. The molecule has 2 heterocycles. The van der Waals surface area contributed by atoms with Crippen molar-refractivity contribution < 1.29 is 14.3 Å². The molecule has 1 fully saturated rings.